The fraction of sp³-hybridized carbons (Fsp3) is 0.125. The number of ketones is 1. The van der Waals surface area contributed by atoms with Gasteiger partial charge < -0.3 is 4.42 Å². The summed E-state index contributed by atoms with van der Waals surface area (Å²) < 4.78 is 6.80. The van der Waals surface area contributed by atoms with Crippen LogP contribution in [0.1, 0.15) is 32.3 Å². The molecule has 150 valence electrons. The number of aromatic nitrogens is 2. The van der Waals surface area contributed by atoms with Crippen molar-refractivity contribution in [3.8, 4) is 11.5 Å². The van der Waals surface area contributed by atoms with Gasteiger partial charge in [-0.3, -0.25) is 4.79 Å². The van der Waals surface area contributed by atoms with E-state index in [1.165, 1.54) is 11.8 Å². The minimum Gasteiger partial charge on any atom is -0.411 e. The lowest BCUT2D eigenvalue weighted by Crippen LogP contribution is -2.10. The first-order chi connectivity index (χ1) is 14.5. The number of benzene rings is 3. The van der Waals surface area contributed by atoms with Gasteiger partial charge in [-0.05, 0) is 49.4 Å². The van der Waals surface area contributed by atoms with E-state index < -0.39 is 5.25 Å². The molecule has 6 heteroatoms. The molecule has 1 aromatic heterocycles. The number of aryl methyl sites for hydroxylation is 2. The van der Waals surface area contributed by atoms with E-state index in [2.05, 4.69) is 26.1 Å². The number of nitrogens with zero attached hydrogens (tertiary/aromatic N) is 2. The molecule has 1 atom stereocenters. The third kappa shape index (κ3) is 4.71. The van der Waals surface area contributed by atoms with Gasteiger partial charge in [0.1, 0.15) is 5.25 Å². The average Bonchev–Trinajstić information content (AvgIpc) is 3.22. The Bertz CT molecular complexity index is 1170. The Hall–Kier alpha value is -2.70. The Morgan fingerprint density at radius 1 is 0.933 bits per heavy atom. The van der Waals surface area contributed by atoms with Gasteiger partial charge in [0.25, 0.3) is 5.22 Å². The zero-order valence-corrected chi connectivity index (χ0v) is 18.9. The first kappa shape index (κ1) is 20.6. The van der Waals surface area contributed by atoms with E-state index in [0.717, 1.165) is 26.7 Å². The van der Waals surface area contributed by atoms with Gasteiger partial charge in [0.15, 0.2) is 5.78 Å². The first-order valence-electron chi connectivity index (χ1n) is 9.43. The van der Waals surface area contributed by atoms with Crippen molar-refractivity contribution >= 4 is 33.5 Å². The van der Waals surface area contributed by atoms with Crippen LogP contribution in [-0.2, 0) is 0 Å². The van der Waals surface area contributed by atoms with Crippen molar-refractivity contribution in [3.63, 3.8) is 0 Å². The molecule has 1 unspecified atom stereocenters. The molecule has 4 nitrogen and oxygen atoms in total. The highest BCUT2D eigenvalue weighted by Crippen LogP contribution is 2.38. The van der Waals surface area contributed by atoms with Gasteiger partial charge in [-0.25, -0.2) is 0 Å². The molecule has 0 saturated heterocycles. The molecule has 1 heterocycles. The predicted molar refractivity (Wildman–Crippen MR) is 123 cm³/mol. The number of Topliss-reactive ketones (excluding diaryl/α,β-unsaturated/α-hetero) is 1. The number of hydrogen-bond acceptors (Lipinski definition) is 5. The van der Waals surface area contributed by atoms with Crippen molar-refractivity contribution in [1.29, 1.82) is 0 Å². The van der Waals surface area contributed by atoms with E-state index in [1.807, 2.05) is 86.6 Å². The fourth-order valence-electron chi connectivity index (χ4n) is 2.98. The SMILES string of the molecule is Cc1ccc(C(=O)C(Sc2nnc(-c3cccc(Br)c3)o2)c2ccc(C)cc2)cc1. The quantitative estimate of drug-likeness (QED) is 0.224. The summed E-state index contributed by atoms with van der Waals surface area (Å²) in [5.74, 6) is 0.426. The van der Waals surface area contributed by atoms with Crippen LogP contribution < -0.4 is 0 Å². The molecule has 0 bridgehead atoms. The maximum Gasteiger partial charge on any atom is 0.277 e. The molecule has 0 N–H and O–H groups in total. The van der Waals surface area contributed by atoms with Gasteiger partial charge in [-0.2, -0.15) is 0 Å². The summed E-state index contributed by atoms with van der Waals surface area (Å²) in [6, 6.07) is 23.2. The van der Waals surface area contributed by atoms with Gasteiger partial charge in [0.05, 0.1) is 0 Å². The van der Waals surface area contributed by atoms with Crippen molar-refractivity contribution < 1.29 is 9.21 Å². The van der Waals surface area contributed by atoms with Crippen LogP contribution in [0.5, 0.6) is 0 Å². The lowest BCUT2D eigenvalue weighted by atomic mass is 10.0. The molecule has 0 amide bonds. The van der Waals surface area contributed by atoms with Gasteiger partial charge in [-0.15, -0.1) is 10.2 Å². The molecule has 0 aliphatic carbocycles. The molecule has 0 radical (unpaired) electrons. The number of halogens is 1. The van der Waals surface area contributed by atoms with E-state index in [4.69, 9.17) is 4.42 Å². The van der Waals surface area contributed by atoms with E-state index in [9.17, 15) is 4.79 Å². The number of carbonyl (C=O) groups excluding carboxylic acids is 1. The zero-order chi connectivity index (χ0) is 21.1. The second kappa shape index (κ2) is 8.98. The van der Waals surface area contributed by atoms with E-state index in [-0.39, 0.29) is 5.78 Å². The summed E-state index contributed by atoms with van der Waals surface area (Å²) in [7, 11) is 0. The molecule has 0 fully saturated rings. The lowest BCUT2D eigenvalue weighted by Gasteiger charge is -2.14. The van der Waals surface area contributed by atoms with Crippen molar-refractivity contribution in [3.05, 3.63) is 99.5 Å². The standard InChI is InChI=1S/C24H19BrN2O2S/c1-15-6-10-17(11-7-15)21(28)22(18-12-8-16(2)9-13-18)30-24-27-26-23(29-24)19-4-3-5-20(25)14-19/h3-14,22H,1-2H3. The minimum atomic E-state index is -0.482. The fourth-order valence-corrected chi connectivity index (χ4v) is 4.33. The number of rotatable bonds is 6. The third-order valence-electron chi connectivity index (χ3n) is 4.65. The summed E-state index contributed by atoms with van der Waals surface area (Å²) >= 11 is 4.73. The number of carbonyl (C=O) groups is 1. The summed E-state index contributed by atoms with van der Waals surface area (Å²) in [6.45, 7) is 4.03. The Morgan fingerprint density at radius 3 is 2.27 bits per heavy atom. The largest absolute Gasteiger partial charge is 0.411 e. The second-order valence-corrected chi connectivity index (χ2v) is 8.99. The van der Waals surface area contributed by atoms with Crippen LogP contribution in [0.15, 0.2) is 86.9 Å². The Labute approximate surface area is 187 Å². The van der Waals surface area contributed by atoms with E-state index in [0.29, 0.717) is 16.7 Å². The van der Waals surface area contributed by atoms with Gasteiger partial charge in [0, 0.05) is 15.6 Å². The Morgan fingerprint density at radius 2 is 1.60 bits per heavy atom. The van der Waals surface area contributed by atoms with Crippen molar-refractivity contribution in [2.45, 2.75) is 24.3 Å². The Balaban J connectivity index is 1.65. The highest BCUT2D eigenvalue weighted by molar-refractivity contribution is 9.10. The summed E-state index contributed by atoms with van der Waals surface area (Å²) in [5.41, 5.74) is 4.63. The maximum atomic E-state index is 13.4. The molecule has 0 saturated carbocycles. The first-order valence-corrected chi connectivity index (χ1v) is 11.1. The van der Waals surface area contributed by atoms with E-state index in [1.54, 1.807) is 0 Å². The van der Waals surface area contributed by atoms with Gasteiger partial charge >= 0.3 is 0 Å². The zero-order valence-electron chi connectivity index (χ0n) is 16.5. The highest BCUT2D eigenvalue weighted by Gasteiger charge is 2.26. The molecular weight excluding hydrogens is 460 g/mol. The minimum absolute atomic E-state index is 0.00561. The summed E-state index contributed by atoms with van der Waals surface area (Å²) in [5, 5.41) is 8.21. The van der Waals surface area contributed by atoms with Crippen LogP contribution in [0.3, 0.4) is 0 Å². The monoisotopic (exact) mass is 478 g/mol. The molecular formula is C24H19BrN2O2S. The topological polar surface area (TPSA) is 56.0 Å². The van der Waals surface area contributed by atoms with E-state index >= 15 is 0 Å². The average molecular weight is 479 g/mol. The third-order valence-corrected chi connectivity index (χ3v) is 6.23. The molecule has 0 aliphatic heterocycles. The molecule has 0 spiro atoms. The molecule has 4 rings (SSSR count). The molecule has 0 aliphatic rings. The molecule has 30 heavy (non-hydrogen) atoms. The maximum absolute atomic E-state index is 13.4. The number of hydrogen-bond donors (Lipinski definition) is 0. The van der Waals surface area contributed by atoms with Crippen LogP contribution >= 0.6 is 27.7 Å². The molecule has 3 aromatic carbocycles. The number of thioether (sulfide) groups is 1. The molecule has 4 aromatic rings. The van der Waals surface area contributed by atoms with Gasteiger partial charge in [0.2, 0.25) is 5.89 Å². The Kier molecular flexibility index (Phi) is 6.16. The smallest absolute Gasteiger partial charge is 0.277 e. The van der Waals surface area contributed by atoms with Crippen LogP contribution in [0.4, 0.5) is 0 Å². The second-order valence-electron chi connectivity index (χ2n) is 7.02. The lowest BCUT2D eigenvalue weighted by molar-refractivity contribution is 0.0989. The van der Waals surface area contributed by atoms with Crippen LogP contribution in [0.25, 0.3) is 11.5 Å². The van der Waals surface area contributed by atoms with Crippen LogP contribution in [0.2, 0.25) is 0 Å². The summed E-state index contributed by atoms with van der Waals surface area (Å²) in [6.07, 6.45) is 0. The predicted octanol–water partition coefficient (Wildman–Crippen LogP) is 6.83. The van der Waals surface area contributed by atoms with Crippen LogP contribution in [-0.4, -0.2) is 16.0 Å². The van der Waals surface area contributed by atoms with Crippen LogP contribution in [0, 0.1) is 13.8 Å². The van der Waals surface area contributed by atoms with Crippen molar-refractivity contribution in [1.82, 2.24) is 10.2 Å². The highest BCUT2D eigenvalue weighted by atomic mass is 79.9. The van der Waals surface area contributed by atoms with Crippen molar-refractivity contribution in [2.75, 3.05) is 0 Å². The van der Waals surface area contributed by atoms with Gasteiger partial charge in [-0.1, -0.05) is 81.7 Å². The summed E-state index contributed by atoms with van der Waals surface area (Å²) in [4.78, 5) is 13.4. The normalized spacial score (nSPS) is 12.0. The van der Waals surface area contributed by atoms with Crippen molar-refractivity contribution in [2.24, 2.45) is 0 Å².